The molecule has 0 aromatic heterocycles. The van der Waals surface area contributed by atoms with Gasteiger partial charge in [-0.2, -0.15) is 0 Å². The molecule has 0 bridgehead atoms. The van der Waals surface area contributed by atoms with Gasteiger partial charge in [-0.05, 0) is 44.9 Å². The van der Waals surface area contributed by atoms with Crippen molar-refractivity contribution in [1.82, 2.24) is 20.0 Å². The third kappa shape index (κ3) is 3.96. The second kappa shape index (κ2) is 8.38. The van der Waals surface area contributed by atoms with Crippen LogP contribution in [0.15, 0.2) is 0 Å². The Morgan fingerprint density at radius 2 is 1.63 bits per heavy atom. The number of nitrogens with one attached hydrogen (secondary N) is 1. The largest absolute Gasteiger partial charge is 0.343 e. The number of nitrogens with zero attached hydrogens (tertiary/aromatic N) is 3. The van der Waals surface area contributed by atoms with Crippen LogP contribution in [0, 0.1) is 0 Å². The Bertz CT molecular complexity index is 538. The van der Waals surface area contributed by atoms with Gasteiger partial charge < -0.3 is 20.0 Å². The van der Waals surface area contributed by atoms with Crippen LogP contribution >= 0.6 is 0 Å². The van der Waals surface area contributed by atoms with Crippen LogP contribution in [0.25, 0.3) is 0 Å². The molecule has 0 radical (unpaired) electrons. The van der Waals surface area contributed by atoms with E-state index < -0.39 is 0 Å². The van der Waals surface area contributed by atoms with Crippen LogP contribution in [-0.4, -0.2) is 77.0 Å². The Balaban J connectivity index is 1.26. The van der Waals surface area contributed by atoms with Gasteiger partial charge in [0.1, 0.15) is 0 Å². The highest BCUT2D eigenvalue weighted by Gasteiger charge is 2.44. The number of likely N-dealkylation sites (tertiary alicyclic amines) is 2. The number of fused-ring (bicyclic) bond motifs is 1. The summed E-state index contributed by atoms with van der Waals surface area (Å²) in [7, 11) is 0. The van der Waals surface area contributed by atoms with Gasteiger partial charge in [-0.1, -0.05) is 19.8 Å². The van der Waals surface area contributed by atoms with Gasteiger partial charge in [-0.15, -0.1) is 0 Å². The van der Waals surface area contributed by atoms with Crippen LogP contribution < -0.4 is 5.32 Å². The second-order valence-corrected chi connectivity index (χ2v) is 8.94. The molecule has 1 aliphatic carbocycles. The van der Waals surface area contributed by atoms with Crippen molar-refractivity contribution >= 4 is 11.9 Å². The van der Waals surface area contributed by atoms with Gasteiger partial charge in [0.15, 0.2) is 0 Å². The molecular formula is C21H36N4O2. The van der Waals surface area contributed by atoms with Crippen molar-refractivity contribution in [2.24, 2.45) is 0 Å². The summed E-state index contributed by atoms with van der Waals surface area (Å²) < 4.78 is 0. The quantitative estimate of drug-likeness (QED) is 0.820. The molecule has 6 nitrogen and oxygen atoms in total. The Labute approximate surface area is 163 Å². The molecule has 152 valence electrons. The van der Waals surface area contributed by atoms with E-state index in [0.717, 1.165) is 64.7 Å². The zero-order valence-electron chi connectivity index (χ0n) is 16.9. The highest BCUT2D eigenvalue weighted by atomic mass is 16.2. The summed E-state index contributed by atoms with van der Waals surface area (Å²) in [5.41, 5.74) is 0. The van der Waals surface area contributed by atoms with Crippen molar-refractivity contribution in [1.29, 1.82) is 0 Å². The van der Waals surface area contributed by atoms with Gasteiger partial charge in [0.05, 0.1) is 12.1 Å². The standard InChI is InChI=1S/C21H36N4O2/c1-2-5-20(26)24-14-8-16(9-15-24)23-12-10-17(11-13-23)25-19-7-4-3-6-18(19)22-21(25)27/h16-19H,2-15H2,1H3,(H,22,27)/t18-,19-/m1/s1. The zero-order chi connectivity index (χ0) is 18.8. The summed E-state index contributed by atoms with van der Waals surface area (Å²) in [5, 5.41) is 3.24. The van der Waals surface area contributed by atoms with E-state index in [-0.39, 0.29) is 6.03 Å². The van der Waals surface area contributed by atoms with Crippen molar-refractivity contribution in [2.75, 3.05) is 26.2 Å². The van der Waals surface area contributed by atoms with E-state index in [0.29, 0.717) is 36.5 Å². The van der Waals surface area contributed by atoms with Gasteiger partial charge in [-0.25, -0.2) is 4.79 Å². The number of rotatable bonds is 4. The Kier molecular flexibility index (Phi) is 5.90. The van der Waals surface area contributed by atoms with E-state index in [1.54, 1.807) is 0 Å². The minimum absolute atomic E-state index is 0.188. The molecule has 27 heavy (non-hydrogen) atoms. The van der Waals surface area contributed by atoms with Crippen LogP contribution in [0.2, 0.25) is 0 Å². The minimum atomic E-state index is 0.188. The first-order valence-electron chi connectivity index (χ1n) is 11.3. The first kappa shape index (κ1) is 19.0. The first-order chi connectivity index (χ1) is 13.2. The van der Waals surface area contributed by atoms with Crippen molar-refractivity contribution in [3.8, 4) is 0 Å². The second-order valence-electron chi connectivity index (χ2n) is 8.94. The molecule has 4 fully saturated rings. The smallest absolute Gasteiger partial charge is 0.318 e. The number of carbonyl (C=O) groups excluding carboxylic acids is 2. The summed E-state index contributed by atoms with van der Waals surface area (Å²) in [4.78, 5) is 31.5. The number of piperidine rings is 2. The average Bonchev–Trinajstić information content (AvgIpc) is 3.04. The molecule has 0 aromatic rings. The zero-order valence-corrected chi connectivity index (χ0v) is 16.9. The van der Waals surface area contributed by atoms with Crippen LogP contribution in [0.3, 0.4) is 0 Å². The molecule has 2 atom stereocenters. The molecule has 1 N–H and O–H groups in total. The topological polar surface area (TPSA) is 55.9 Å². The van der Waals surface area contributed by atoms with Gasteiger partial charge in [0.25, 0.3) is 0 Å². The lowest BCUT2D eigenvalue weighted by Gasteiger charge is -2.44. The van der Waals surface area contributed by atoms with Crippen LogP contribution in [0.1, 0.15) is 71.1 Å². The van der Waals surface area contributed by atoms with Gasteiger partial charge in [0.2, 0.25) is 5.91 Å². The monoisotopic (exact) mass is 376 g/mol. The minimum Gasteiger partial charge on any atom is -0.343 e. The van der Waals surface area contributed by atoms with Crippen molar-refractivity contribution in [2.45, 2.75) is 95.3 Å². The fourth-order valence-electron chi connectivity index (χ4n) is 5.81. The van der Waals surface area contributed by atoms with Crippen molar-refractivity contribution < 1.29 is 9.59 Å². The van der Waals surface area contributed by atoms with Gasteiger partial charge in [-0.3, -0.25) is 4.79 Å². The highest BCUT2D eigenvalue weighted by Crippen LogP contribution is 2.33. The van der Waals surface area contributed by atoms with E-state index in [4.69, 9.17) is 0 Å². The first-order valence-corrected chi connectivity index (χ1v) is 11.3. The fourth-order valence-corrected chi connectivity index (χ4v) is 5.81. The predicted octanol–water partition coefficient (Wildman–Crippen LogP) is 2.58. The molecule has 3 aliphatic heterocycles. The fraction of sp³-hybridized carbons (Fsp3) is 0.905. The average molecular weight is 377 g/mol. The molecule has 6 heteroatoms. The number of amides is 3. The Hall–Kier alpha value is -1.30. The van der Waals surface area contributed by atoms with Crippen LogP contribution in [0.5, 0.6) is 0 Å². The molecule has 4 aliphatic rings. The summed E-state index contributed by atoms with van der Waals surface area (Å²) in [5.74, 6) is 0.330. The number of urea groups is 1. The number of carbonyl (C=O) groups is 2. The molecule has 0 aromatic carbocycles. The third-order valence-electron chi connectivity index (χ3n) is 7.32. The van der Waals surface area contributed by atoms with Gasteiger partial charge in [0, 0.05) is 44.7 Å². The normalized spacial score (nSPS) is 31.1. The molecule has 0 unspecified atom stereocenters. The summed E-state index contributed by atoms with van der Waals surface area (Å²) in [6, 6.07) is 2.06. The van der Waals surface area contributed by atoms with E-state index in [1.165, 1.54) is 19.3 Å². The van der Waals surface area contributed by atoms with E-state index >= 15 is 0 Å². The number of hydrogen-bond acceptors (Lipinski definition) is 3. The van der Waals surface area contributed by atoms with Crippen LogP contribution in [0.4, 0.5) is 4.79 Å². The van der Waals surface area contributed by atoms with E-state index in [1.807, 2.05) is 0 Å². The molecular weight excluding hydrogens is 340 g/mol. The molecule has 3 heterocycles. The Morgan fingerprint density at radius 1 is 0.963 bits per heavy atom. The maximum absolute atomic E-state index is 12.5. The van der Waals surface area contributed by atoms with Crippen molar-refractivity contribution in [3.05, 3.63) is 0 Å². The summed E-state index contributed by atoms with van der Waals surface area (Å²) in [6.07, 6.45) is 10.9. The lowest BCUT2D eigenvalue weighted by molar-refractivity contribution is -0.132. The van der Waals surface area contributed by atoms with E-state index in [2.05, 4.69) is 26.9 Å². The molecule has 3 amide bonds. The van der Waals surface area contributed by atoms with Gasteiger partial charge >= 0.3 is 6.03 Å². The SMILES string of the molecule is CCCC(=O)N1CCC(N2CCC(N3C(=O)N[C@@H]4CCCC[C@H]43)CC2)CC1. The van der Waals surface area contributed by atoms with Crippen LogP contribution in [-0.2, 0) is 4.79 Å². The molecule has 4 rings (SSSR count). The lowest BCUT2D eigenvalue weighted by atomic mass is 9.89. The van der Waals surface area contributed by atoms with E-state index in [9.17, 15) is 9.59 Å². The molecule has 3 saturated heterocycles. The van der Waals surface area contributed by atoms with Crippen molar-refractivity contribution in [3.63, 3.8) is 0 Å². The summed E-state index contributed by atoms with van der Waals surface area (Å²) >= 11 is 0. The predicted molar refractivity (Wildman–Crippen MR) is 106 cm³/mol. The third-order valence-corrected chi connectivity index (χ3v) is 7.32. The number of hydrogen-bond donors (Lipinski definition) is 1. The molecule has 0 spiro atoms. The maximum atomic E-state index is 12.5. The summed E-state index contributed by atoms with van der Waals surface area (Å²) in [6.45, 7) is 6.10. The lowest BCUT2D eigenvalue weighted by Crippen LogP contribution is -2.53. The Morgan fingerprint density at radius 3 is 2.33 bits per heavy atom. The maximum Gasteiger partial charge on any atom is 0.318 e. The highest BCUT2D eigenvalue weighted by molar-refractivity contribution is 5.78. The molecule has 1 saturated carbocycles.